The number of piperazine rings is 1. The zero-order valence-electron chi connectivity index (χ0n) is 15.1. The molecule has 1 aromatic rings. The number of sulfonamides is 1. The fraction of sp³-hybridized carbons (Fsp3) is 0.444. The van der Waals surface area contributed by atoms with Crippen molar-refractivity contribution in [2.24, 2.45) is 0 Å². The summed E-state index contributed by atoms with van der Waals surface area (Å²) in [5.74, 6) is -0.402. The standard InChI is InChI=1S/C18H24N4O3S/c1-3-15(2)20-18(23)16(13-19)14-21-9-11-22(12-10-21)26(24,25)17-7-5-4-6-8-17/h4-8,14-15H,3,9-12H2,1-2H3,(H,20,23)/b16-14-. The molecular weight excluding hydrogens is 352 g/mol. The topological polar surface area (TPSA) is 93.5 Å². The summed E-state index contributed by atoms with van der Waals surface area (Å²) >= 11 is 0. The average Bonchev–Trinajstić information content (AvgIpc) is 2.66. The van der Waals surface area contributed by atoms with Gasteiger partial charge in [0, 0.05) is 38.4 Å². The number of carbonyl (C=O) groups is 1. The van der Waals surface area contributed by atoms with E-state index >= 15 is 0 Å². The van der Waals surface area contributed by atoms with Crippen LogP contribution in [0.3, 0.4) is 0 Å². The molecule has 1 unspecified atom stereocenters. The van der Waals surface area contributed by atoms with Gasteiger partial charge in [0.25, 0.3) is 5.91 Å². The molecule has 0 radical (unpaired) electrons. The molecule has 1 aromatic carbocycles. The van der Waals surface area contributed by atoms with Gasteiger partial charge in [-0.05, 0) is 25.5 Å². The highest BCUT2D eigenvalue weighted by Gasteiger charge is 2.28. The van der Waals surface area contributed by atoms with Crippen molar-refractivity contribution in [3.8, 4) is 6.07 Å². The molecular formula is C18H24N4O3S. The molecule has 8 heteroatoms. The van der Waals surface area contributed by atoms with Gasteiger partial charge in [-0.3, -0.25) is 4.79 Å². The third-order valence-corrected chi connectivity index (χ3v) is 6.23. The molecule has 26 heavy (non-hydrogen) atoms. The van der Waals surface area contributed by atoms with E-state index in [2.05, 4.69) is 5.32 Å². The molecule has 0 aliphatic carbocycles. The molecule has 1 heterocycles. The number of hydrogen-bond donors (Lipinski definition) is 1. The Kier molecular flexibility index (Phi) is 6.77. The van der Waals surface area contributed by atoms with Crippen LogP contribution in [0, 0.1) is 11.3 Å². The molecule has 1 aliphatic rings. The van der Waals surface area contributed by atoms with Crippen LogP contribution in [-0.4, -0.2) is 55.8 Å². The predicted molar refractivity (Wildman–Crippen MR) is 98.4 cm³/mol. The summed E-state index contributed by atoms with van der Waals surface area (Å²) in [6.45, 7) is 5.29. The highest BCUT2D eigenvalue weighted by atomic mass is 32.2. The van der Waals surface area contributed by atoms with E-state index in [1.165, 1.54) is 10.5 Å². The van der Waals surface area contributed by atoms with E-state index in [0.717, 1.165) is 6.42 Å². The van der Waals surface area contributed by atoms with Crippen molar-refractivity contribution in [2.75, 3.05) is 26.2 Å². The zero-order valence-corrected chi connectivity index (χ0v) is 15.9. The monoisotopic (exact) mass is 376 g/mol. The number of rotatable bonds is 6. The summed E-state index contributed by atoms with van der Waals surface area (Å²) in [6, 6.07) is 10.2. The minimum atomic E-state index is -3.51. The second-order valence-electron chi connectivity index (χ2n) is 6.19. The number of hydrogen-bond acceptors (Lipinski definition) is 5. The van der Waals surface area contributed by atoms with Gasteiger partial charge in [0.1, 0.15) is 11.6 Å². The van der Waals surface area contributed by atoms with E-state index < -0.39 is 15.9 Å². The van der Waals surface area contributed by atoms with Crippen molar-refractivity contribution in [2.45, 2.75) is 31.2 Å². The van der Waals surface area contributed by atoms with Crippen LogP contribution in [0.4, 0.5) is 0 Å². The summed E-state index contributed by atoms with van der Waals surface area (Å²) in [6.07, 6.45) is 2.30. The molecule has 0 saturated carbocycles. The molecule has 1 atom stereocenters. The number of nitriles is 1. The molecule has 1 amide bonds. The van der Waals surface area contributed by atoms with Crippen molar-refractivity contribution in [1.29, 1.82) is 5.26 Å². The van der Waals surface area contributed by atoms with E-state index in [0.29, 0.717) is 26.2 Å². The fourth-order valence-corrected chi connectivity index (χ4v) is 3.98. The van der Waals surface area contributed by atoms with Crippen LogP contribution >= 0.6 is 0 Å². The molecule has 2 rings (SSSR count). The molecule has 1 N–H and O–H groups in total. The van der Waals surface area contributed by atoms with E-state index in [9.17, 15) is 18.5 Å². The second-order valence-corrected chi connectivity index (χ2v) is 8.13. The Morgan fingerprint density at radius 1 is 1.27 bits per heavy atom. The highest BCUT2D eigenvalue weighted by molar-refractivity contribution is 7.89. The quantitative estimate of drug-likeness (QED) is 0.597. The first-order valence-electron chi connectivity index (χ1n) is 8.60. The van der Waals surface area contributed by atoms with Gasteiger partial charge in [-0.25, -0.2) is 8.42 Å². The Morgan fingerprint density at radius 2 is 1.88 bits per heavy atom. The summed E-state index contributed by atoms with van der Waals surface area (Å²) < 4.78 is 26.6. The van der Waals surface area contributed by atoms with E-state index in [1.807, 2.05) is 24.8 Å². The summed E-state index contributed by atoms with van der Waals surface area (Å²) in [5, 5.41) is 12.0. The minimum absolute atomic E-state index is 0.00730. The normalized spacial score (nSPS) is 17.4. The number of nitrogens with one attached hydrogen (secondary N) is 1. The van der Waals surface area contributed by atoms with Crippen LogP contribution in [-0.2, 0) is 14.8 Å². The molecule has 0 bridgehead atoms. The van der Waals surface area contributed by atoms with Crippen molar-refractivity contribution >= 4 is 15.9 Å². The molecule has 1 fully saturated rings. The minimum Gasteiger partial charge on any atom is -0.373 e. The SMILES string of the molecule is CCC(C)NC(=O)/C(C#N)=C\N1CCN(S(=O)(=O)c2ccccc2)CC1. The Hall–Kier alpha value is -2.37. The third-order valence-electron chi connectivity index (χ3n) is 4.32. The second kappa shape index (κ2) is 8.83. The lowest BCUT2D eigenvalue weighted by molar-refractivity contribution is -0.117. The smallest absolute Gasteiger partial charge is 0.263 e. The maximum Gasteiger partial charge on any atom is 0.263 e. The Labute approximate surface area is 154 Å². The number of nitrogens with zero attached hydrogens (tertiary/aromatic N) is 3. The number of benzene rings is 1. The first kappa shape index (κ1) is 19.9. The van der Waals surface area contributed by atoms with Gasteiger partial charge in [0.15, 0.2) is 0 Å². The summed E-state index contributed by atoms with van der Waals surface area (Å²) in [5.41, 5.74) is 0.0321. The van der Waals surface area contributed by atoms with E-state index in [4.69, 9.17) is 0 Å². The van der Waals surface area contributed by atoms with Gasteiger partial charge in [-0.2, -0.15) is 9.57 Å². The maximum atomic E-state index is 12.6. The maximum absolute atomic E-state index is 12.6. The van der Waals surface area contributed by atoms with E-state index in [1.54, 1.807) is 30.3 Å². The predicted octanol–water partition coefficient (Wildman–Crippen LogP) is 1.32. The van der Waals surface area contributed by atoms with Crippen molar-refractivity contribution in [3.63, 3.8) is 0 Å². The number of amides is 1. The van der Waals surface area contributed by atoms with Crippen LogP contribution in [0.25, 0.3) is 0 Å². The van der Waals surface area contributed by atoms with Crippen LogP contribution in [0.1, 0.15) is 20.3 Å². The van der Waals surface area contributed by atoms with Gasteiger partial charge >= 0.3 is 0 Å². The Bertz CT molecular complexity index is 791. The van der Waals surface area contributed by atoms with E-state index in [-0.39, 0.29) is 16.5 Å². The fourth-order valence-electron chi connectivity index (χ4n) is 2.54. The molecule has 7 nitrogen and oxygen atoms in total. The molecule has 1 aliphatic heterocycles. The lowest BCUT2D eigenvalue weighted by atomic mass is 10.2. The molecule has 1 saturated heterocycles. The Morgan fingerprint density at radius 3 is 2.42 bits per heavy atom. The van der Waals surface area contributed by atoms with Crippen LogP contribution in [0.15, 0.2) is 47.0 Å². The lowest BCUT2D eigenvalue weighted by Gasteiger charge is -2.33. The largest absolute Gasteiger partial charge is 0.373 e. The lowest BCUT2D eigenvalue weighted by Crippen LogP contribution is -2.47. The highest BCUT2D eigenvalue weighted by Crippen LogP contribution is 2.17. The molecule has 0 spiro atoms. The summed E-state index contributed by atoms with van der Waals surface area (Å²) in [4.78, 5) is 14.2. The van der Waals surface area contributed by atoms with Crippen LogP contribution in [0.2, 0.25) is 0 Å². The van der Waals surface area contributed by atoms with Gasteiger partial charge in [0.2, 0.25) is 10.0 Å². The van der Waals surface area contributed by atoms with Crippen LogP contribution < -0.4 is 5.32 Å². The Balaban J connectivity index is 2.01. The average molecular weight is 376 g/mol. The van der Waals surface area contributed by atoms with Gasteiger partial charge < -0.3 is 10.2 Å². The van der Waals surface area contributed by atoms with Crippen molar-refractivity contribution < 1.29 is 13.2 Å². The number of carbonyl (C=O) groups excluding carboxylic acids is 1. The van der Waals surface area contributed by atoms with Crippen molar-refractivity contribution in [1.82, 2.24) is 14.5 Å². The van der Waals surface area contributed by atoms with Crippen molar-refractivity contribution in [3.05, 3.63) is 42.1 Å². The zero-order chi connectivity index (χ0) is 19.2. The molecule has 0 aromatic heterocycles. The van der Waals surface area contributed by atoms with Gasteiger partial charge in [-0.15, -0.1) is 0 Å². The first-order chi connectivity index (χ1) is 12.4. The summed E-state index contributed by atoms with van der Waals surface area (Å²) in [7, 11) is -3.51. The van der Waals surface area contributed by atoms with Gasteiger partial charge in [-0.1, -0.05) is 25.1 Å². The first-order valence-corrected chi connectivity index (χ1v) is 10.0. The molecule has 140 valence electrons. The van der Waals surface area contributed by atoms with Crippen LogP contribution in [0.5, 0.6) is 0 Å². The third kappa shape index (κ3) is 4.84. The van der Waals surface area contributed by atoms with Gasteiger partial charge in [0.05, 0.1) is 4.90 Å².